The molecule has 0 amide bonds. The highest BCUT2D eigenvalue weighted by Gasteiger charge is 2.26. The van der Waals surface area contributed by atoms with Gasteiger partial charge >= 0.3 is 0 Å². The number of allylic oxidation sites excluding steroid dienone is 4. The van der Waals surface area contributed by atoms with Crippen LogP contribution in [0.1, 0.15) is 79.1 Å². The van der Waals surface area contributed by atoms with Gasteiger partial charge in [0.2, 0.25) is 0 Å². The zero-order chi connectivity index (χ0) is 41.9. The van der Waals surface area contributed by atoms with E-state index < -0.39 is 6.17 Å². The highest BCUT2D eigenvalue weighted by Crippen LogP contribution is 2.45. The Morgan fingerprint density at radius 1 is 0.661 bits per heavy atom. The highest BCUT2D eigenvalue weighted by molar-refractivity contribution is 6.14. The number of rotatable bonds is 8. The fourth-order valence-corrected chi connectivity index (χ4v) is 10.2. The van der Waals surface area contributed by atoms with E-state index in [1.807, 2.05) is 0 Å². The van der Waals surface area contributed by atoms with E-state index in [-0.39, 0.29) is 0 Å². The van der Waals surface area contributed by atoms with Gasteiger partial charge in [-0.2, -0.15) is 0 Å². The third kappa shape index (κ3) is 6.54. The zero-order valence-electron chi connectivity index (χ0n) is 35.6. The highest BCUT2D eigenvalue weighted by atomic mass is 15.1. The summed E-state index contributed by atoms with van der Waals surface area (Å²) in [6, 6.07) is 59.8. The Balaban J connectivity index is 1.04. The van der Waals surface area contributed by atoms with Gasteiger partial charge in [-0.1, -0.05) is 172 Å². The molecule has 1 heterocycles. The van der Waals surface area contributed by atoms with E-state index in [4.69, 9.17) is 10.7 Å². The molecule has 4 heteroatoms. The molecule has 0 aliphatic heterocycles. The largest absolute Gasteiger partial charge is 0.351 e. The monoisotopic (exact) mass is 802 g/mol. The van der Waals surface area contributed by atoms with Crippen molar-refractivity contribution in [1.82, 2.24) is 9.88 Å². The molecule has 3 N–H and O–H groups in total. The van der Waals surface area contributed by atoms with Crippen LogP contribution in [-0.4, -0.2) is 10.4 Å². The molecule has 0 bridgehead atoms. The number of aromatic nitrogens is 1. The first-order valence-corrected chi connectivity index (χ1v) is 22.1. The van der Waals surface area contributed by atoms with Gasteiger partial charge in [0.1, 0.15) is 12.0 Å². The molecule has 2 unspecified atom stereocenters. The van der Waals surface area contributed by atoms with Crippen molar-refractivity contribution < 1.29 is 0 Å². The maximum atomic E-state index is 7.13. The second-order valence-corrected chi connectivity index (χ2v) is 17.5. The Bertz CT molecular complexity index is 3320. The summed E-state index contributed by atoms with van der Waals surface area (Å²) in [4.78, 5) is 5.42. The van der Waals surface area contributed by atoms with Crippen molar-refractivity contribution in [3.8, 4) is 16.8 Å². The predicted octanol–water partition coefficient (Wildman–Crippen LogP) is 14.2. The Labute approximate surface area is 363 Å². The van der Waals surface area contributed by atoms with Gasteiger partial charge in [-0.25, -0.2) is 0 Å². The number of nitrogens with one attached hydrogen (secondary N) is 1. The Morgan fingerprint density at radius 3 is 2.21 bits per heavy atom. The van der Waals surface area contributed by atoms with Crippen LogP contribution in [0.4, 0.5) is 0 Å². The number of nitrogens with zero attached hydrogens (tertiary/aromatic N) is 2. The molecule has 302 valence electrons. The smallest absolute Gasteiger partial charge is 0.130 e. The molecule has 8 aromatic carbocycles. The van der Waals surface area contributed by atoms with Gasteiger partial charge in [-0.05, 0) is 110 Å². The van der Waals surface area contributed by atoms with Crippen LogP contribution in [0.3, 0.4) is 0 Å². The van der Waals surface area contributed by atoms with E-state index in [1.54, 1.807) is 0 Å². The molecule has 0 saturated heterocycles. The third-order valence-electron chi connectivity index (χ3n) is 13.4. The van der Waals surface area contributed by atoms with Gasteiger partial charge in [0.05, 0.1) is 23.3 Å². The summed E-state index contributed by atoms with van der Waals surface area (Å²) in [6.07, 6.45) is 6.38. The second-order valence-electron chi connectivity index (χ2n) is 17.5. The molecule has 0 fully saturated rings. The van der Waals surface area contributed by atoms with E-state index in [0.717, 1.165) is 40.8 Å². The van der Waals surface area contributed by atoms with Gasteiger partial charge < -0.3 is 15.6 Å². The van der Waals surface area contributed by atoms with Crippen LogP contribution >= 0.6 is 0 Å². The molecule has 0 saturated carbocycles. The second kappa shape index (κ2) is 15.5. The molecule has 2 atom stereocenters. The SMILES string of the molecule is CC(C)C1=C(c2ccc(C/N=C(\NC(N)c3ccc4c(c3)C(C)c3ccccc3-4)c3ccc4ccccc4c3)cc2-n2c3ccccc3c3cc4ccccc4cc32)C=CCC1. The number of aliphatic imine (C=N–C) groups is 1. The lowest BCUT2D eigenvalue weighted by atomic mass is 9.85. The van der Waals surface area contributed by atoms with Crippen LogP contribution in [0.15, 0.2) is 187 Å². The Kier molecular flexibility index (Phi) is 9.47. The summed E-state index contributed by atoms with van der Waals surface area (Å²) >= 11 is 0. The van der Waals surface area contributed by atoms with Crippen LogP contribution in [0.25, 0.3) is 65.7 Å². The molecule has 2 aliphatic carbocycles. The van der Waals surface area contributed by atoms with Crippen LogP contribution in [0, 0.1) is 5.92 Å². The van der Waals surface area contributed by atoms with Crippen molar-refractivity contribution in [1.29, 1.82) is 0 Å². The van der Waals surface area contributed by atoms with Crippen LogP contribution < -0.4 is 11.1 Å². The van der Waals surface area contributed by atoms with E-state index >= 15 is 0 Å². The fraction of sp³-hybridized carbons (Fsp3) is 0.155. The van der Waals surface area contributed by atoms with E-state index in [9.17, 15) is 0 Å². The summed E-state index contributed by atoms with van der Waals surface area (Å²) in [5, 5.41) is 11.1. The lowest BCUT2D eigenvalue weighted by Gasteiger charge is -2.23. The average Bonchev–Trinajstić information content (AvgIpc) is 3.79. The van der Waals surface area contributed by atoms with Crippen LogP contribution in [0.5, 0.6) is 0 Å². The number of hydrogen-bond acceptors (Lipinski definition) is 2. The molecule has 11 rings (SSSR count). The minimum absolute atomic E-state index is 0.309. The van der Waals surface area contributed by atoms with Crippen LogP contribution in [0.2, 0.25) is 0 Å². The number of amidine groups is 1. The van der Waals surface area contributed by atoms with Gasteiger partial charge in [-0.3, -0.25) is 4.99 Å². The summed E-state index contributed by atoms with van der Waals surface area (Å²) in [5.74, 6) is 1.52. The van der Waals surface area contributed by atoms with Crippen molar-refractivity contribution in [2.45, 2.75) is 52.2 Å². The third-order valence-corrected chi connectivity index (χ3v) is 13.4. The molecule has 4 nitrogen and oxygen atoms in total. The van der Waals surface area contributed by atoms with Gasteiger partial charge in [-0.15, -0.1) is 0 Å². The summed E-state index contributed by atoms with van der Waals surface area (Å²) in [7, 11) is 0. The van der Waals surface area contributed by atoms with Gasteiger partial charge in [0.15, 0.2) is 0 Å². The summed E-state index contributed by atoms with van der Waals surface area (Å²) in [6.45, 7) is 7.43. The van der Waals surface area contributed by atoms with E-state index in [1.165, 1.54) is 82.6 Å². The van der Waals surface area contributed by atoms with Crippen molar-refractivity contribution in [3.05, 3.63) is 215 Å². The van der Waals surface area contributed by atoms with Crippen LogP contribution in [-0.2, 0) is 6.54 Å². The van der Waals surface area contributed by atoms with E-state index in [2.05, 4.69) is 207 Å². The Morgan fingerprint density at radius 2 is 1.37 bits per heavy atom. The number of fused-ring (bicyclic) bond motifs is 8. The average molecular weight is 803 g/mol. The molecular weight excluding hydrogens is 753 g/mol. The van der Waals surface area contributed by atoms with Crippen molar-refractivity contribution in [2.75, 3.05) is 0 Å². The first kappa shape index (κ1) is 38.0. The topological polar surface area (TPSA) is 55.3 Å². The lowest BCUT2D eigenvalue weighted by molar-refractivity contribution is 0.677. The molecule has 9 aromatic rings. The molecule has 2 aliphatic rings. The van der Waals surface area contributed by atoms with Crippen molar-refractivity contribution >= 4 is 54.8 Å². The first-order valence-electron chi connectivity index (χ1n) is 22.1. The molecule has 0 radical (unpaired) electrons. The van der Waals surface area contributed by atoms with Crippen molar-refractivity contribution in [3.63, 3.8) is 0 Å². The molecular formula is C58H50N4. The standard InChI is InChI=1S/C58H50N4/c1-36(2)45-18-8-10-20-47(45)51-28-24-38(30-55(51)62-54-23-13-12-22-50(54)53-32-41-16-6-7-17-42(41)34-56(53)62)35-60-58(44-26-25-39-14-4-5-15-40(39)31-44)61-57(59)43-27-29-49-48-21-11-9-19-46(48)37(3)52(49)33-43/h4-7,9-17,19-34,36-37,57H,8,18,35,59H2,1-3H3,(H,60,61). The molecule has 1 aromatic heterocycles. The molecule has 0 spiro atoms. The first-order chi connectivity index (χ1) is 30.4. The summed E-state index contributed by atoms with van der Waals surface area (Å²) < 4.78 is 2.50. The lowest BCUT2D eigenvalue weighted by Crippen LogP contribution is -2.35. The van der Waals surface area contributed by atoms with E-state index in [0.29, 0.717) is 18.4 Å². The zero-order valence-corrected chi connectivity index (χ0v) is 35.6. The van der Waals surface area contributed by atoms with Gasteiger partial charge in [0.25, 0.3) is 0 Å². The number of para-hydroxylation sites is 1. The van der Waals surface area contributed by atoms with Crippen molar-refractivity contribution in [2.24, 2.45) is 16.6 Å². The minimum atomic E-state index is -0.466. The fourth-order valence-electron chi connectivity index (χ4n) is 10.2. The quantitative estimate of drug-likeness (QED) is 0.0913. The number of nitrogens with two attached hydrogens (primary N) is 1. The number of benzene rings is 8. The Hall–Kier alpha value is -7.01. The minimum Gasteiger partial charge on any atom is -0.351 e. The number of hydrogen-bond donors (Lipinski definition) is 2. The maximum Gasteiger partial charge on any atom is 0.130 e. The maximum absolute atomic E-state index is 7.13. The molecule has 62 heavy (non-hydrogen) atoms. The van der Waals surface area contributed by atoms with Gasteiger partial charge in [0, 0.05) is 27.8 Å². The summed E-state index contributed by atoms with van der Waals surface area (Å²) in [5.41, 5.74) is 23.3. The normalized spacial score (nSPS) is 15.6. The predicted molar refractivity (Wildman–Crippen MR) is 262 cm³/mol.